The number of aliphatic hydroxyl groups is 1. The van der Waals surface area contributed by atoms with Gasteiger partial charge in [-0.2, -0.15) is 0 Å². The van der Waals surface area contributed by atoms with Crippen LogP contribution in [0.3, 0.4) is 0 Å². The van der Waals surface area contributed by atoms with Crippen LogP contribution in [0.5, 0.6) is 11.5 Å². The number of fused-ring (bicyclic) bond motifs is 5. The molecule has 128 valence electrons. The van der Waals surface area contributed by atoms with E-state index in [2.05, 4.69) is 15.0 Å². The highest BCUT2D eigenvalue weighted by molar-refractivity contribution is 7.99. The molecule has 3 aromatic rings. The Hall–Kier alpha value is -1.68. The van der Waals surface area contributed by atoms with Gasteiger partial charge in [0.2, 0.25) is 0 Å². The van der Waals surface area contributed by atoms with Crippen LogP contribution in [0.2, 0.25) is 5.15 Å². The van der Waals surface area contributed by atoms with Crippen LogP contribution in [-0.2, 0) is 0 Å². The molecule has 10 heteroatoms. The maximum absolute atomic E-state index is 10.9. The Labute approximate surface area is 155 Å². The summed E-state index contributed by atoms with van der Waals surface area (Å²) in [7, 11) is 0. The van der Waals surface area contributed by atoms with Crippen LogP contribution in [0.4, 0.5) is 0 Å². The Bertz CT molecular complexity index is 1030. The van der Waals surface area contributed by atoms with E-state index >= 15 is 0 Å². The highest BCUT2D eigenvalue weighted by atomic mass is 35.5. The summed E-state index contributed by atoms with van der Waals surface area (Å²) in [5.41, 5.74) is 1.95. The zero-order valence-electron chi connectivity index (χ0n) is 12.9. The minimum Gasteiger partial charge on any atom is -0.486 e. The van der Waals surface area contributed by atoms with E-state index in [1.807, 2.05) is 18.4 Å². The molecule has 1 aromatic carbocycles. The molecule has 0 radical (unpaired) electrons. The number of nitrogens with zero attached hydrogens (tertiary/aromatic N) is 4. The molecular formula is C15H11ClN4O3S2. The van der Waals surface area contributed by atoms with Gasteiger partial charge in [-0.1, -0.05) is 23.4 Å². The van der Waals surface area contributed by atoms with E-state index < -0.39 is 6.23 Å². The van der Waals surface area contributed by atoms with Crippen molar-refractivity contribution in [3.63, 3.8) is 0 Å². The van der Waals surface area contributed by atoms with Crippen molar-refractivity contribution in [2.24, 2.45) is 0 Å². The Morgan fingerprint density at radius 1 is 1.24 bits per heavy atom. The SMILES string of the molecule is CSc1nc(Cl)c2c(n1)Sc1nc3cc4c(cc3n1[C@@H]2O)OCCO4. The fourth-order valence-electron chi connectivity index (χ4n) is 2.92. The van der Waals surface area contributed by atoms with E-state index in [0.717, 1.165) is 5.52 Å². The molecule has 7 nitrogen and oxygen atoms in total. The van der Waals surface area contributed by atoms with Crippen molar-refractivity contribution in [3.8, 4) is 11.5 Å². The largest absolute Gasteiger partial charge is 0.486 e. The van der Waals surface area contributed by atoms with Gasteiger partial charge >= 0.3 is 0 Å². The topological polar surface area (TPSA) is 82.3 Å². The van der Waals surface area contributed by atoms with Crippen molar-refractivity contribution in [2.45, 2.75) is 21.6 Å². The molecule has 0 saturated carbocycles. The van der Waals surface area contributed by atoms with Gasteiger partial charge in [-0.3, -0.25) is 4.57 Å². The number of thioether (sulfide) groups is 1. The average Bonchev–Trinajstić information content (AvgIpc) is 2.96. The first-order valence-corrected chi connectivity index (χ1v) is 9.86. The van der Waals surface area contributed by atoms with Gasteiger partial charge in [-0.05, 0) is 18.0 Å². The van der Waals surface area contributed by atoms with Crippen LogP contribution in [-0.4, -0.2) is 44.1 Å². The highest BCUT2D eigenvalue weighted by Crippen LogP contribution is 2.45. The molecule has 0 amide bonds. The van der Waals surface area contributed by atoms with E-state index in [1.165, 1.54) is 23.5 Å². The third kappa shape index (κ3) is 2.30. The molecule has 25 heavy (non-hydrogen) atoms. The molecule has 0 aliphatic carbocycles. The molecule has 2 aliphatic heterocycles. The van der Waals surface area contributed by atoms with Gasteiger partial charge in [0.05, 0.1) is 16.6 Å². The summed E-state index contributed by atoms with van der Waals surface area (Å²) in [5, 5.41) is 13.0. The van der Waals surface area contributed by atoms with Crippen LogP contribution >= 0.6 is 35.1 Å². The lowest BCUT2D eigenvalue weighted by atomic mass is 10.2. The quantitative estimate of drug-likeness (QED) is 0.383. The van der Waals surface area contributed by atoms with E-state index in [1.54, 1.807) is 4.57 Å². The lowest BCUT2D eigenvalue weighted by molar-refractivity contribution is 0.134. The van der Waals surface area contributed by atoms with Crippen LogP contribution in [0.25, 0.3) is 11.0 Å². The van der Waals surface area contributed by atoms with Crippen LogP contribution < -0.4 is 9.47 Å². The normalized spacial score (nSPS) is 18.1. The summed E-state index contributed by atoms with van der Waals surface area (Å²) < 4.78 is 13.0. The molecule has 4 heterocycles. The molecule has 1 N–H and O–H groups in total. The average molecular weight is 395 g/mol. The number of imidazole rings is 1. The maximum atomic E-state index is 10.9. The van der Waals surface area contributed by atoms with Gasteiger partial charge in [-0.25, -0.2) is 15.0 Å². The van der Waals surface area contributed by atoms with Crippen molar-refractivity contribution in [3.05, 3.63) is 22.8 Å². The lowest BCUT2D eigenvalue weighted by Gasteiger charge is -2.24. The Balaban J connectivity index is 1.72. The monoisotopic (exact) mass is 394 g/mol. The van der Waals surface area contributed by atoms with Crippen molar-refractivity contribution in [1.29, 1.82) is 0 Å². The standard InChI is InChI=1S/C15H11ClN4O3S2/c1-24-14-18-11(16)10-12(19-14)25-15-17-6-4-8-9(23-3-2-22-8)5-7(6)20(15)13(10)21/h4-5,13,21H,2-3H2,1H3/t13-/m1/s1. The number of aromatic nitrogens is 4. The second kappa shape index (κ2) is 5.66. The van der Waals surface area contributed by atoms with Crippen molar-refractivity contribution in [1.82, 2.24) is 19.5 Å². The molecule has 0 spiro atoms. The zero-order valence-corrected chi connectivity index (χ0v) is 15.3. The third-order valence-corrected chi connectivity index (χ3v) is 5.85. The number of halogens is 1. The molecule has 5 rings (SSSR count). The maximum Gasteiger partial charge on any atom is 0.189 e. The molecule has 2 aliphatic rings. The summed E-state index contributed by atoms with van der Waals surface area (Å²) in [6, 6.07) is 3.66. The van der Waals surface area contributed by atoms with E-state index in [0.29, 0.717) is 51.1 Å². The Morgan fingerprint density at radius 3 is 2.76 bits per heavy atom. The van der Waals surface area contributed by atoms with Crippen LogP contribution in [0, 0.1) is 0 Å². The van der Waals surface area contributed by atoms with Gasteiger partial charge in [0.25, 0.3) is 0 Å². The number of benzene rings is 1. The van der Waals surface area contributed by atoms with E-state index in [-0.39, 0.29) is 5.15 Å². The van der Waals surface area contributed by atoms with Crippen LogP contribution in [0.15, 0.2) is 27.5 Å². The number of ether oxygens (including phenoxy) is 2. The summed E-state index contributed by atoms with van der Waals surface area (Å²) in [5.74, 6) is 1.30. The lowest BCUT2D eigenvalue weighted by Crippen LogP contribution is -2.18. The second-order valence-corrected chi connectivity index (χ2v) is 7.53. The summed E-state index contributed by atoms with van der Waals surface area (Å²) in [6.45, 7) is 1.01. The van der Waals surface area contributed by atoms with Gasteiger partial charge < -0.3 is 14.6 Å². The number of hydrogen-bond donors (Lipinski definition) is 1. The molecule has 0 unspecified atom stereocenters. The number of rotatable bonds is 1. The van der Waals surface area contributed by atoms with Gasteiger partial charge in [0.1, 0.15) is 23.4 Å². The first kappa shape index (κ1) is 15.6. The molecule has 0 bridgehead atoms. The molecule has 0 saturated heterocycles. The van der Waals surface area contributed by atoms with Crippen molar-refractivity contribution in [2.75, 3.05) is 19.5 Å². The Morgan fingerprint density at radius 2 is 2.00 bits per heavy atom. The second-order valence-electron chi connectivity index (χ2n) is 5.44. The fraction of sp³-hybridized carbons (Fsp3) is 0.267. The van der Waals surface area contributed by atoms with Gasteiger partial charge in [0, 0.05) is 12.1 Å². The van der Waals surface area contributed by atoms with Gasteiger partial charge in [0.15, 0.2) is 28.0 Å². The smallest absolute Gasteiger partial charge is 0.189 e. The minimum absolute atomic E-state index is 0.249. The van der Waals surface area contributed by atoms with Crippen LogP contribution in [0.1, 0.15) is 11.8 Å². The summed E-state index contributed by atoms with van der Waals surface area (Å²) in [6.07, 6.45) is 0.865. The zero-order chi connectivity index (χ0) is 17.1. The van der Waals surface area contributed by atoms with Crippen molar-refractivity contribution >= 4 is 46.2 Å². The predicted octanol–water partition coefficient (Wildman–Crippen LogP) is 2.98. The first-order chi connectivity index (χ1) is 12.2. The number of hydrogen-bond acceptors (Lipinski definition) is 8. The first-order valence-electron chi connectivity index (χ1n) is 7.44. The number of aliphatic hydroxyl groups excluding tert-OH is 1. The van der Waals surface area contributed by atoms with Crippen molar-refractivity contribution < 1.29 is 14.6 Å². The van der Waals surface area contributed by atoms with E-state index in [9.17, 15) is 5.11 Å². The van der Waals surface area contributed by atoms with E-state index in [4.69, 9.17) is 21.1 Å². The van der Waals surface area contributed by atoms with Gasteiger partial charge in [-0.15, -0.1) is 0 Å². The third-order valence-electron chi connectivity index (χ3n) is 4.04. The molecule has 2 aromatic heterocycles. The summed E-state index contributed by atoms with van der Waals surface area (Å²) in [4.78, 5) is 13.3. The molecule has 1 atom stereocenters. The molecular weight excluding hydrogens is 384 g/mol. The Kier molecular flexibility index (Phi) is 3.53. The molecule has 0 fully saturated rings. The predicted molar refractivity (Wildman–Crippen MR) is 94.0 cm³/mol. The summed E-state index contributed by atoms with van der Waals surface area (Å²) >= 11 is 9.06. The fourth-order valence-corrected chi connectivity index (χ4v) is 4.78. The minimum atomic E-state index is -1.01. The highest BCUT2D eigenvalue weighted by Gasteiger charge is 2.32.